The highest BCUT2D eigenvalue weighted by Gasteiger charge is 2.17. The molecule has 0 aliphatic rings. The van der Waals surface area contributed by atoms with Crippen molar-refractivity contribution < 1.29 is 0 Å². The number of aromatic nitrogens is 2. The van der Waals surface area contributed by atoms with Crippen molar-refractivity contribution in [1.82, 2.24) is 14.5 Å². The first-order valence-electron chi connectivity index (χ1n) is 7.86. The van der Waals surface area contributed by atoms with Gasteiger partial charge in [0.25, 0.3) is 0 Å². The van der Waals surface area contributed by atoms with Gasteiger partial charge in [0.05, 0.1) is 11.0 Å². The molecule has 0 radical (unpaired) electrons. The summed E-state index contributed by atoms with van der Waals surface area (Å²) in [5, 5.41) is 0. The molecule has 3 nitrogen and oxygen atoms in total. The molecule has 0 aliphatic heterocycles. The van der Waals surface area contributed by atoms with E-state index in [2.05, 4.69) is 55.4 Å². The van der Waals surface area contributed by atoms with Gasteiger partial charge in [0.15, 0.2) is 0 Å². The molecule has 0 spiro atoms. The van der Waals surface area contributed by atoms with Gasteiger partial charge in [0.2, 0.25) is 0 Å². The Morgan fingerprint density at radius 2 is 2.00 bits per heavy atom. The minimum absolute atomic E-state index is 0.398. The van der Waals surface area contributed by atoms with E-state index in [0.29, 0.717) is 11.9 Å². The second-order valence-electron chi connectivity index (χ2n) is 5.66. The first kappa shape index (κ1) is 16.3. The van der Waals surface area contributed by atoms with Crippen molar-refractivity contribution in [3.05, 3.63) is 29.6 Å². The van der Waals surface area contributed by atoms with Gasteiger partial charge in [0.1, 0.15) is 5.82 Å². The molecule has 0 aliphatic carbocycles. The fourth-order valence-electron chi connectivity index (χ4n) is 2.94. The van der Waals surface area contributed by atoms with Crippen LogP contribution in [0.5, 0.6) is 0 Å². The Bertz CT molecular complexity index is 587. The summed E-state index contributed by atoms with van der Waals surface area (Å²) in [6.45, 7) is 12.0. The van der Waals surface area contributed by atoms with Gasteiger partial charge in [-0.15, -0.1) is 11.6 Å². The molecule has 1 aromatic carbocycles. The minimum atomic E-state index is 0.398. The normalized spacial score (nSPS) is 13.2. The van der Waals surface area contributed by atoms with E-state index in [1.54, 1.807) is 0 Å². The van der Waals surface area contributed by atoms with Crippen LogP contribution < -0.4 is 0 Å². The number of nitrogens with zero attached hydrogens (tertiary/aromatic N) is 3. The van der Waals surface area contributed by atoms with Crippen LogP contribution in [-0.2, 0) is 6.42 Å². The Kier molecular flexibility index (Phi) is 5.65. The maximum absolute atomic E-state index is 5.97. The number of likely N-dealkylation sites (N-methyl/N-ethyl adjacent to an activating group) is 1. The summed E-state index contributed by atoms with van der Waals surface area (Å²) in [6, 6.07) is 6.87. The number of alkyl halides is 1. The van der Waals surface area contributed by atoms with Crippen LogP contribution in [0.2, 0.25) is 0 Å². The molecule has 4 heteroatoms. The van der Waals surface area contributed by atoms with E-state index in [1.807, 2.05) is 0 Å². The summed E-state index contributed by atoms with van der Waals surface area (Å²) >= 11 is 5.97. The molecule has 1 aromatic heterocycles. The summed E-state index contributed by atoms with van der Waals surface area (Å²) in [7, 11) is 0. The van der Waals surface area contributed by atoms with Crippen LogP contribution in [-0.4, -0.2) is 40.0 Å². The lowest BCUT2D eigenvalue weighted by Gasteiger charge is -2.25. The molecule has 21 heavy (non-hydrogen) atoms. The standard InChI is InChI=1S/C17H26ClN3/c1-5-20(6-2)12-14(4)21-16-11-13(3)7-8-15(16)19-17(21)9-10-18/h7-8,11,14H,5-6,9-10,12H2,1-4H3. The molecule has 2 aromatic rings. The highest BCUT2D eigenvalue weighted by atomic mass is 35.5. The number of imidazole rings is 1. The third-order valence-electron chi connectivity index (χ3n) is 4.09. The van der Waals surface area contributed by atoms with Gasteiger partial charge in [-0.3, -0.25) is 0 Å². The zero-order valence-corrected chi connectivity index (χ0v) is 14.3. The largest absolute Gasteiger partial charge is 0.324 e. The fourth-order valence-corrected chi connectivity index (χ4v) is 3.11. The van der Waals surface area contributed by atoms with Crippen LogP contribution in [0.3, 0.4) is 0 Å². The SMILES string of the molecule is CCN(CC)CC(C)n1c(CCCl)nc2ccc(C)cc21. The van der Waals surface area contributed by atoms with E-state index in [4.69, 9.17) is 16.6 Å². The van der Waals surface area contributed by atoms with E-state index >= 15 is 0 Å². The lowest BCUT2D eigenvalue weighted by atomic mass is 10.2. The molecule has 1 atom stereocenters. The zero-order valence-electron chi connectivity index (χ0n) is 13.6. The van der Waals surface area contributed by atoms with Crippen LogP contribution in [0.25, 0.3) is 11.0 Å². The molecule has 0 N–H and O–H groups in total. The quantitative estimate of drug-likeness (QED) is 0.720. The van der Waals surface area contributed by atoms with Gasteiger partial charge >= 0.3 is 0 Å². The Hall–Kier alpha value is -1.06. The first-order chi connectivity index (χ1) is 10.1. The predicted octanol–water partition coefficient (Wildman–Crippen LogP) is 4.03. The number of fused-ring (bicyclic) bond motifs is 1. The summed E-state index contributed by atoms with van der Waals surface area (Å²) in [4.78, 5) is 7.24. The van der Waals surface area contributed by atoms with Crippen molar-refractivity contribution in [2.24, 2.45) is 0 Å². The van der Waals surface area contributed by atoms with E-state index in [1.165, 1.54) is 11.1 Å². The van der Waals surface area contributed by atoms with E-state index in [-0.39, 0.29) is 0 Å². The molecule has 0 saturated heterocycles. The highest BCUT2D eigenvalue weighted by molar-refractivity contribution is 6.17. The molecule has 1 heterocycles. The second-order valence-corrected chi connectivity index (χ2v) is 6.04. The predicted molar refractivity (Wildman–Crippen MR) is 91.4 cm³/mol. The Morgan fingerprint density at radius 1 is 1.29 bits per heavy atom. The lowest BCUT2D eigenvalue weighted by Crippen LogP contribution is -2.30. The zero-order chi connectivity index (χ0) is 15.4. The highest BCUT2D eigenvalue weighted by Crippen LogP contribution is 2.23. The van der Waals surface area contributed by atoms with E-state index in [9.17, 15) is 0 Å². The molecule has 0 bridgehead atoms. The van der Waals surface area contributed by atoms with Crippen LogP contribution in [0, 0.1) is 6.92 Å². The smallest absolute Gasteiger partial charge is 0.111 e. The molecular formula is C17H26ClN3. The summed E-state index contributed by atoms with van der Waals surface area (Å²) in [6.07, 6.45) is 0.817. The van der Waals surface area contributed by atoms with Crippen molar-refractivity contribution in [2.75, 3.05) is 25.5 Å². The van der Waals surface area contributed by atoms with Crippen molar-refractivity contribution >= 4 is 22.6 Å². The average Bonchev–Trinajstić information content (AvgIpc) is 2.82. The number of hydrogen-bond donors (Lipinski definition) is 0. The van der Waals surface area contributed by atoms with Gasteiger partial charge in [-0.25, -0.2) is 4.98 Å². The van der Waals surface area contributed by atoms with Crippen molar-refractivity contribution in [3.63, 3.8) is 0 Å². The maximum atomic E-state index is 5.97. The molecule has 2 rings (SSSR count). The molecular weight excluding hydrogens is 282 g/mol. The molecule has 0 amide bonds. The Balaban J connectivity index is 2.43. The van der Waals surface area contributed by atoms with Gasteiger partial charge in [-0.1, -0.05) is 19.9 Å². The number of benzene rings is 1. The van der Waals surface area contributed by atoms with E-state index in [0.717, 1.165) is 37.4 Å². The minimum Gasteiger partial charge on any atom is -0.324 e. The van der Waals surface area contributed by atoms with E-state index < -0.39 is 0 Å². The third kappa shape index (κ3) is 3.58. The maximum Gasteiger partial charge on any atom is 0.111 e. The first-order valence-corrected chi connectivity index (χ1v) is 8.39. The van der Waals surface area contributed by atoms with Crippen molar-refractivity contribution in [3.8, 4) is 0 Å². The number of hydrogen-bond acceptors (Lipinski definition) is 2. The topological polar surface area (TPSA) is 21.1 Å². The van der Waals surface area contributed by atoms with Crippen molar-refractivity contribution in [2.45, 2.75) is 40.2 Å². The van der Waals surface area contributed by atoms with Gasteiger partial charge < -0.3 is 9.47 Å². The summed E-state index contributed by atoms with van der Waals surface area (Å²) < 4.78 is 2.38. The fraction of sp³-hybridized carbons (Fsp3) is 0.588. The Labute approximate surface area is 132 Å². The van der Waals surface area contributed by atoms with Gasteiger partial charge in [-0.2, -0.15) is 0 Å². The molecule has 0 fully saturated rings. The molecule has 0 saturated carbocycles. The molecule has 116 valence electrons. The third-order valence-corrected chi connectivity index (χ3v) is 4.28. The van der Waals surface area contributed by atoms with Crippen LogP contribution >= 0.6 is 11.6 Å². The number of halogens is 1. The van der Waals surface area contributed by atoms with Crippen LogP contribution in [0.15, 0.2) is 18.2 Å². The molecule has 1 unspecified atom stereocenters. The monoisotopic (exact) mass is 307 g/mol. The van der Waals surface area contributed by atoms with Crippen LogP contribution in [0.1, 0.15) is 38.2 Å². The Morgan fingerprint density at radius 3 is 2.62 bits per heavy atom. The second kappa shape index (κ2) is 7.28. The number of rotatable bonds is 7. The van der Waals surface area contributed by atoms with Crippen LogP contribution in [0.4, 0.5) is 0 Å². The summed E-state index contributed by atoms with van der Waals surface area (Å²) in [5.41, 5.74) is 3.58. The van der Waals surface area contributed by atoms with Gasteiger partial charge in [0, 0.05) is 24.9 Å². The lowest BCUT2D eigenvalue weighted by molar-refractivity contribution is 0.261. The average molecular weight is 308 g/mol. The number of aryl methyl sites for hydroxylation is 2. The van der Waals surface area contributed by atoms with Crippen molar-refractivity contribution in [1.29, 1.82) is 0 Å². The summed E-state index contributed by atoms with van der Waals surface area (Å²) in [5.74, 6) is 1.71. The van der Waals surface area contributed by atoms with Gasteiger partial charge in [-0.05, 0) is 44.6 Å².